The van der Waals surface area contributed by atoms with Gasteiger partial charge in [-0.1, -0.05) is 6.07 Å². The SMILES string of the molecule is O=C(O)c1ccc(N/N=C\c2ccc(OC(=O)c3cccc([N+](=O)[O-])c3)cc2)cc1. The van der Waals surface area contributed by atoms with Gasteiger partial charge < -0.3 is 9.84 Å². The lowest BCUT2D eigenvalue weighted by atomic mass is 10.2. The standard InChI is InChI=1S/C21H15N3O6/c25-20(26)15-6-8-17(9-7-15)23-22-13-14-4-10-19(11-5-14)30-21(27)16-2-1-3-18(12-16)24(28)29/h1-13,23H,(H,25,26)/b22-13-. The zero-order valence-electron chi connectivity index (χ0n) is 15.4. The number of nitrogens with one attached hydrogen (secondary N) is 1. The van der Waals surface area contributed by atoms with Gasteiger partial charge >= 0.3 is 11.9 Å². The number of carboxylic acids is 1. The predicted molar refractivity (Wildman–Crippen MR) is 109 cm³/mol. The number of esters is 1. The Bertz CT molecular complexity index is 1110. The molecule has 0 radical (unpaired) electrons. The maximum absolute atomic E-state index is 12.2. The van der Waals surface area contributed by atoms with E-state index in [1.807, 2.05) is 0 Å². The van der Waals surface area contributed by atoms with Gasteiger partial charge in [-0.2, -0.15) is 5.10 Å². The smallest absolute Gasteiger partial charge is 0.343 e. The average molecular weight is 405 g/mol. The van der Waals surface area contributed by atoms with Gasteiger partial charge in [0.1, 0.15) is 5.75 Å². The number of carboxylic acid groups (broad SMARTS) is 1. The van der Waals surface area contributed by atoms with Gasteiger partial charge in [-0.05, 0) is 60.2 Å². The lowest BCUT2D eigenvalue weighted by molar-refractivity contribution is -0.384. The van der Waals surface area contributed by atoms with Crippen LogP contribution in [-0.2, 0) is 0 Å². The van der Waals surface area contributed by atoms with Crippen LogP contribution in [0.5, 0.6) is 5.75 Å². The largest absolute Gasteiger partial charge is 0.478 e. The van der Waals surface area contributed by atoms with Crippen molar-refractivity contribution in [1.82, 2.24) is 0 Å². The van der Waals surface area contributed by atoms with Gasteiger partial charge in [0.2, 0.25) is 0 Å². The molecular weight excluding hydrogens is 390 g/mol. The van der Waals surface area contributed by atoms with Crippen molar-refractivity contribution in [3.05, 3.63) is 99.6 Å². The van der Waals surface area contributed by atoms with Gasteiger partial charge in [0.05, 0.1) is 28.0 Å². The summed E-state index contributed by atoms with van der Waals surface area (Å²) in [5.74, 6) is -1.43. The zero-order chi connectivity index (χ0) is 21.5. The second kappa shape index (κ2) is 9.11. The topological polar surface area (TPSA) is 131 Å². The van der Waals surface area contributed by atoms with Gasteiger partial charge in [0.25, 0.3) is 5.69 Å². The first kappa shape index (κ1) is 20.2. The van der Waals surface area contributed by atoms with E-state index in [0.717, 1.165) is 11.6 Å². The second-order valence-electron chi connectivity index (χ2n) is 6.02. The number of rotatable bonds is 7. The Labute approximate surface area is 170 Å². The third kappa shape index (κ3) is 5.26. The first-order valence-corrected chi connectivity index (χ1v) is 8.61. The van der Waals surface area contributed by atoms with E-state index in [4.69, 9.17) is 9.84 Å². The highest BCUT2D eigenvalue weighted by atomic mass is 16.6. The Morgan fingerprint density at radius 1 is 1.00 bits per heavy atom. The molecule has 3 aromatic rings. The van der Waals surface area contributed by atoms with Crippen molar-refractivity contribution in [2.24, 2.45) is 5.10 Å². The molecule has 0 unspecified atom stereocenters. The lowest BCUT2D eigenvalue weighted by Gasteiger charge is -2.05. The number of hydrogen-bond donors (Lipinski definition) is 2. The number of aromatic carboxylic acids is 1. The van der Waals surface area contributed by atoms with Crippen LogP contribution in [0.3, 0.4) is 0 Å². The molecule has 0 heterocycles. The number of nitro benzene ring substituents is 1. The summed E-state index contributed by atoms with van der Waals surface area (Å²) in [6.07, 6.45) is 1.54. The molecule has 3 rings (SSSR count). The molecule has 30 heavy (non-hydrogen) atoms. The summed E-state index contributed by atoms with van der Waals surface area (Å²) < 4.78 is 5.22. The summed E-state index contributed by atoms with van der Waals surface area (Å²) >= 11 is 0. The monoisotopic (exact) mass is 405 g/mol. The number of nitrogens with zero attached hydrogens (tertiary/aromatic N) is 2. The van der Waals surface area contributed by atoms with Crippen molar-refractivity contribution >= 4 is 29.5 Å². The maximum atomic E-state index is 12.2. The number of hydrogen-bond acceptors (Lipinski definition) is 7. The van der Waals surface area contributed by atoms with Crippen LogP contribution in [-0.4, -0.2) is 28.2 Å². The molecule has 0 bridgehead atoms. The fraction of sp³-hybridized carbons (Fsp3) is 0. The average Bonchev–Trinajstić information content (AvgIpc) is 2.75. The molecule has 3 aromatic carbocycles. The van der Waals surface area contributed by atoms with E-state index in [9.17, 15) is 19.7 Å². The zero-order valence-corrected chi connectivity index (χ0v) is 15.4. The minimum absolute atomic E-state index is 0.0768. The molecular formula is C21H15N3O6. The molecule has 0 amide bonds. The quantitative estimate of drug-likeness (QED) is 0.200. The number of nitro groups is 1. The Morgan fingerprint density at radius 2 is 1.70 bits per heavy atom. The predicted octanol–water partition coefficient (Wildman–Crippen LogP) is 3.96. The minimum Gasteiger partial charge on any atom is -0.478 e. The molecule has 0 spiro atoms. The lowest BCUT2D eigenvalue weighted by Crippen LogP contribution is -2.08. The summed E-state index contributed by atoms with van der Waals surface area (Å²) in [4.78, 5) is 33.2. The van der Waals surface area contributed by atoms with E-state index in [1.165, 1.54) is 36.5 Å². The highest BCUT2D eigenvalue weighted by molar-refractivity contribution is 5.92. The molecule has 0 saturated carbocycles. The van der Waals surface area contributed by atoms with Gasteiger partial charge in [-0.15, -0.1) is 0 Å². The molecule has 2 N–H and O–H groups in total. The summed E-state index contributed by atoms with van der Waals surface area (Å²) in [6, 6.07) is 17.9. The van der Waals surface area contributed by atoms with E-state index in [1.54, 1.807) is 36.4 Å². The van der Waals surface area contributed by atoms with Crippen molar-refractivity contribution in [1.29, 1.82) is 0 Å². The van der Waals surface area contributed by atoms with Crippen molar-refractivity contribution < 1.29 is 24.4 Å². The Hall–Kier alpha value is -4.53. The molecule has 150 valence electrons. The van der Waals surface area contributed by atoms with Gasteiger partial charge in [-0.3, -0.25) is 15.5 Å². The van der Waals surface area contributed by atoms with Crippen LogP contribution >= 0.6 is 0 Å². The molecule has 0 fully saturated rings. The number of carbonyl (C=O) groups is 2. The first-order valence-electron chi connectivity index (χ1n) is 8.61. The second-order valence-corrected chi connectivity index (χ2v) is 6.02. The number of non-ortho nitro benzene ring substituents is 1. The van der Waals surface area contributed by atoms with E-state index < -0.39 is 16.9 Å². The third-order valence-electron chi connectivity index (χ3n) is 3.92. The number of hydrazone groups is 1. The van der Waals surface area contributed by atoms with Crippen LogP contribution in [0.25, 0.3) is 0 Å². The third-order valence-corrected chi connectivity index (χ3v) is 3.92. The fourth-order valence-electron chi connectivity index (χ4n) is 2.40. The first-order chi connectivity index (χ1) is 14.4. The summed E-state index contributed by atoms with van der Waals surface area (Å²) in [7, 11) is 0. The summed E-state index contributed by atoms with van der Waals surface area (Å²) in [5, 5.41) is 23.7. The Kier molecular flexibility index (Phi) is 6.14. The molecule has 9 nitrogen and oxygen atoms in total. The summed E-state index contributed by atoms with van der Waals surface area (Å²) in [6.45, 7) is 0. The normalized spacial score (nSPS) is 10.5. The highest BCUT2D eigenvalue weighted by Crippen LogP contribution is 2.17. The van der Waals surface area contributed by atoms with Crippen molar-refractivity contribution in [3.63, 3.8) is 0 Å². The van der Waals surface area contributed by atoms with E-state index in [0.29, 0.717) is 5.69 Å². The van der Waals surface area contributed by atoms with Gasteiger partial charge in [-0.25, -0.2) is 9.59 Å². The maximum Gasteiger partial charge on any atom is 0.343 e. The number of anilines is 1. The van der Waals surface area contributed by atoms with Crippen LogP contribution in [0.15, 0.2) is 77.9 Å². The van der Waals surface area contributed by atoms with Crippen LogP contribution in [0.4, 0.5) is 11.4 Å². The van der Waals surface area contributed by atoms with Gasteiger partial charge in [0.15, 0.2) is 0 Å². The van der Waals surface area contributed by atoms with Crippen LogP contribution < -0.4 is 10.2 Å². The molecule has 0 aliphatic carbocycles. The van der Waals surface area contributed by atoms with Crippen molar-refractivity contribution in [3.8, 4) is 5.75 Å². The number of benzene rings is 3. The fourth-order valence-corrected chi connectivity index (χ4v) is 2.40. The summed E-state index contributed by atoms with van der Waals surface area (Å²) in [5.41, 5.74) is 4.19. The van der Waals surface area contributed by atoms with Crippen LogP contribution in [0.2, 0.25) is 0 Å². The Balaban J connectivity index is 1.58. The molecule has 0 aromatic heterocycles. The number of carbonyl (C=O) groups excluding carboxylic acids is 1. The molecule has 9 heteroatoms. The van der Waals surface area contributed by atoms with Crippen LogP contribution in [0, 0.1) is 10.1 Å². The molecule has 0 aliphatic rings. The molecule has 0 saturated heterocycles. The van der Waals surface area contributed by atoms with E-state index in [-0.39, 0.29) is 22.6 Å². The van der Waals surface area contributed by atoms with E-state index in [2.05, 4.69) is 10.5 Å². The highest BCUT2D eigenvalue weighted by Gasteiger charge is 2.13. The van der Waals surface area contributed by atoms with Crippen LogP contribution in [0.1, 0.15) is 26.3 Å². The minimum atomic E-state index is -1.00. The van der Waals surface area contributed by atoms with Crippen molar-refractivity contribution in [2.75, 3.05) is 5.43 Å². The Morgan fingerprint density at radius 3 is 2.33 bits per heavy atom. The molecule has 0 atom stereocenters. The number of ether oxygens (including phenoxy) is 1. The molecule has 0 aliphatic heterocycles. The van der Waals surface area contributed by atoms with E-state index >= 15 is 0 Å². The van der Waals surface area contributed by atoms with Gasteiger partial charge in [0, 0.05) is 12.1 Å². The van der Waals surface area contributed by atoms with Crippen molar-refractivity contribution in [2.45, 2.75) is 0 Å².